The minimum Gasteiger partial charge on any atom is -0.493 e. The molecular weight excluding hydrogens is 352 g/mol. The first-order valence-corrected chi connectivity index (χ1v) is 8.40. The summed E-state index contributed by atoms with van der Waals surface area (Å²) in [5.74, 6) is -3.87. The predicted octanol–water partition coefficient (Wildman–Crippen LogP) is 4.58. The molecule has 1 saturated heterocycles. The van der Waals surface area contributed by atoms with Crippen molar-refractivity contribution in [3.8, 4) is 11.5 Å². The van der Waals surface area contributed by atoms with Crippen LogP contribution in [0.25, 0.3) is 10.8 Å². The first-order chi connectivity index (χ1) is 13.0. The van der Waals surface area contributed by atoms with Crippen molar-refractivity contribution in [3.05, 3.63) is 66.2 Å². The van der Waals surface area contributed by atoms with Gasteiger partial charge >= 0.3 is 11.8 Å². The molecule has 0 saturated carbocycles. The van der Waals surface area contributed by atoms with Crippen LogP contribution in [0.2, 0.25) is 0 Å². The monoisotopic (exact) mass is 369 g/mol. The van der Waals surface area contributed by atoms with Gasteiger partial charge in [-0.05, 0) is 28.5 Å². The molecule has 6 heteroatoms. The number of hydrogen-bond acceptors (Lipinski definition) is 3. The lowest BCUT2D eigenvalue weighted by Crippen LogP contribution is -2.64. The normalized spacial score (nSPS) is 18.3. The quantitative estimate of drug-likeness (QED) is 0.632. The van der Waals surface area contributed by atoms with Crippen LogP contribution >= 0.6 is 0 Å². The second-order valence-electron chi connectivity index (χ2n) is 6.31. The van der Waals surface area contributed by atoms with Crippen molar-refractivity contribution in [3.63, 3.8) is 0 Å². The maximum absolute atomic E-state index is 14.6. The van der Waals surface area contributed by atoms with Crippen molar-refractivity contribution in [1.29, 1.82) is 0 Å². The first kappa shape index (κ1) is 17.3. The topological polar surface area (TPSA) is 38.8 Å². The van der Waals surface area contributed by atoms with Crippen molar-refractivity contribution in [2.24, 2.45) is 0 Å². The first-order valence-electron chi connectivity index (χ1n) is 8.40. The molecule has 3 aromatic carbocycles. The summed E-state index contributed by atoms with van der Waals surface area (Å²) in [6.07, 6.45) is 0. The third-order valence-electron chi connectivity index (χ3n) is 4.87. The average Bonchev–Trinajstić information content (AvgIpc) is 2.70. The van der Waals surface area contributed by atoms with Gasteiger partial charge in [-0.3, -0.25) is 9.69 Å². The largest absolute Gasteiger partial charge is 0.493 e. The molecule has 0 aliphatic carbocycles. The summed E-state index contributed by atoms with van der Waals surface area (Å²) in [5.41, 5.74) is 0.744. The highest BCUT2D eigenvalue weighted by molar-refractivity contribution is 6.08. The third kappa shape index (κ3) is 2.51. The van der Waals surface area contributed by atoms with E-state index >= 15 is 0 Å². The van der Waals surface area contributed by atoms with E-state index < -0.39 is 17.9 Å². The zero-order valence-corrected chi connectivity index (χ0v) is 14.8. The number of amides is 1. The number of halogens is 2. The number of alkyl halides is 2. The predicted molar refractivity (Wildman–Crippen MR) is 98.7 cm³/mol. The maximum Gasteiger partial charge on any atom is 0.349 e. The number of carbonyl (C=O) groups is 1. The number of ether oxygens (including phenoxy) is 2. The zero-order chi connectivity index (χ0) is 19.2. The van der Waals surface area contributed by atoms with Gasteiger partial charge in [0, 0.05) is 11.8 Å². The van der Waals surface area contributed by atoms with E-state index in [1.165, 1.54) is 20.3 Å². The number of rotatable bonds is 4. The molecule has 1 heterocycles. The smallest absolute Gasteiger partial charge is 0.349 e. The summed E-state index contributed by atoms with van der Waals surface area (Å²) in [6.45, 7) is 0. The average molecular weight is 369 g/mol. The van der Waals surface area contributed by atoms with Gasteiger partial charge in [-0.25, -0.2) is 0 Å². The highest BCUT2D eigenvalue weighted by Gasteiger charge is 2.65. The molecule has 1 amide bonds. The minimum absolute atomic E-state index is 0.335. The lowest BCUT2D eigenvalue weighted by atomic mass is 9.86. The van der Waals surface area contributed by atoms with Gasteiger partial charge in [0.1, 0.15) is 6.04 Å². The summed E-state index contributed by atoms with van der Waals surface area (Å²) in [4.78, 5) is 13.4. The fourth-order valence-corrected chi connectivity index (χ4v) is 3.56. The number of anilines is 1. The van der Waals surface area contributed by atoms with E-state index in [2.05, 4.69) is 0 Å². The van der Waals surface area contributed by atoms with E-state index in [0.29, 0.717) is 28.1 Å². The number of nitrogens with zero attached hydrogens (tertiary/aromatic N) is 1. The molecule has 1 unspecified atom stereocenters. The Kier molecular flexibility index (Phi) is 3.98. The van der Waals surface area contributed by atoms with Crippen molar-refractivity contribution < 1.29 is 23.0 Å². The lowest BCUT2D eigenvalue weighted by molar-refractivity contribution is -0.162. The molecule has 3 aromatic rings. The van der Waals surface area contributed by atoms with Crippen molar-refractivity contribution in [2.45, 2.75) is 12.0 Å². The fourth-order valence-electron chi connectivity index (χ4n) is 3.56. The molecule has 1 aliphatic heterocycles. The molecule has 4 nitrogen and oxygen atoms in total. The van der Waals surface area contributed by atoms with Gasteiger partial charge in [-0.1, -0.05) is 42.5 Å². The molecule has 1 aliphatic rings. The molecule has 0 bridgehead atoms. The zero-order valence-electron chi connectivity index (χ0n) is 14.8. The Balaban J connectivity index is 1.85. The van der Waals surface area contributed by atoms with Crippen LogP contribution < -0.4 is 14.4 Å². The van der Waals surface area contributed by atoms with Crippen molar-refractivity contribution in [1.82, 2.24) is 0 Å². The van der Waals surface area contributed by atoms with Crippen LogP contribution in [0.15, 0.2) is 60.7 Å². The molecule has 0 radical (unpaired) electrons. The molecule has 1 fully saturated rings. The van der Waals surface area contributed by atoms with E-state index in [4.69, 9.17) is 9.47 Å². The van der Waals surface area contributed by atoms with Crippen LogP contribution in [0.1, 0.15) is 11.6 Å². The van der Waals surface area contributed by atoms with Crippen LogP contribution in [-0.2, 0) is 4.79 Å². The van der Waals surface area contributed by atoms with Crippen LogP contribution in [0.3, 0.4) is 0 Å². The summed E-state index contributed by atoms with van der Waals surface area (Å²) < 4.78 is 39.7. The number of fused-ring (bicyclic) bond motifs is 1. The second kappa shape index (κ2) is 6.23. The van der Waals surface area contributed by atoms with Crippen molar-refractivity contribution in [2.75, 3.05) is 19.1 Å². The van der Waals surface area contributed by atoms with Gasteiger partial charge in [-0.2, -0.15) is 8.78 Å². The third-order valence-corrected chi connectivity index (χ3v) is 4.87. The van der Waals surface area contributed by atoms with Gasteiger partial charge in [0.2, 0.25) is 0 Å². The van der Waals surface area contributed by atoms with E-state index in [1.807, 2.05) is 18.2 Å². The Bertz CT molecular complexity index is 1030. The Labute approximate surface area is 154 Å². The van der Waals surface area contributed by atoms with Crippen LogP contribution in [0, 0.1) is 0 Å². The standard InChI is InChI=1S/C21H17F2NO3/c1-26-17-11-10-14(12-18(17)27-2)24-19(21(22,23)20(24)25)16-9-5-7-13-6-3-4-8-15(13)16/h3-12,19H,1-2H3. The molecule has 1 atom stereocenters. The number of hydrogen-bond donors (Lipinski definition) is 0. The molecule has 138 valence electrons. The number of methoxy groups -OCH3 is 2. The maximum atomic E-state index is 14.6. The van der Waals surface area contributed by atoms with Crippen LogP contribution in [0.4, 0.5) is 14.5 Å². The summed E-state index contributed by atoms with van der Waals surface area (Å²) in [7, 11) is 2.94. The SMILES string of the molecule is COc1ccc(N2C(=O)C(F)(F)C2c2cccc3ccccc23)cc1OC. The lowest BCUT2D eigenvalue weighted by Gasteiger charge is -2.47. The highest BCUT2D eigenvalue weighted by Crippen LogP contribution is 2.51. The van der Waals surface area contributed by atoms with E-state index in [0.717, 1.165) is 10.3 Å². The van der Waals surface area contributed by atoms with E-state index in [9.17, 15) is 13.6 Å². The molecule has 0 spiro atoms. The molecular formula is C21H17F2NO3. The Morgan fingerprint density at radius 2 is 1.63 bits per heavy atom. The number of β-lactam (4-membered cyclic amide) rings is 1. The van der Waals surface area contributed by atoms with Crippen molar-refractivity contribution >= 4 is 22.4 Å². The van der Waals surface area contributed by atoms with Crippen LogP contribution in [-0.4, -0.2) is 26.0 Å². The fraction of sp³-hybridized carbons (Fsp3) is 0.190. The van der Waals surface area contributed by atoms with Crippen LogP contribution in [0.5, 0.6) is 11.5 Å². The Hall–Kier alpha value is -3.15. The molecule has 4 rings (SSSR count). The van der Waals surface area contributed by atoms with Gasteiger partial charge in [0.05, 0.1) is 14.2 Å². The molecule has 0 aromatic heterocycles. The number of benzene rings is 3. The molecule has 27 heavy (non-hydrogen) atoms. The van der Waals surface area contributed by atoms with E-state index in [1.54, 1.807) is 36.4 Å². The van der Waals surface area contributed by atoms with Gasteiger partial charge in [-0.15, -0.1) is 0 Å². The van der Waals surface area contributed by atoms with Gasteiger partial charge in [0.15, 0.2) is 11.5 Å². The van der Waals surface area contributed by atoms with Gasteiger partial charge in [0.25, 0.3) is 0 Å². The van der Waals surface area contributed by atoms with E-state index in [-0.39, 0.29) is 0 Å². The Morgan fingerprint density at radius 1 is 0.926 bits per heavy atom. The second-order valence-corrected chi connectivity index (χ2v) is 6.31. The number of carbonyl (C=O) groups excluding carboxylic acids is 1. The summed E-state index contributed by atoms with van der Waals surface area (Å²) >= 11 is 0. The minimum atomic E-state index is -3.47. The highest BCUT2D eigenvalue weighted by atomic mass is 19.3. The Morgan fingerprint density at radius 3 is 2.37 bits per heavy atom. The summed E-state index contributed by atoms with van der Waals surface area (Å²) in [5, 5.41) is 1.54. The molecule has 0 N–H and O–H groups in total. The van der Waals surface area contributed by atoms with Gasteiger partial charge < -0.3 is 9.47 Å². The summed E-state index contributed by atoms with van der Waals surface area (Å²) in [6, 6.07) is 15.8.